The van der Waals surface area contributed by atoms with Gasteiger partial charge in [-0.2, -0.15) is 0 Å². The van der Waals surface area contributed by atoms with Gasteiger partial charge in [-0.25, -0.2) is 4.79 Å². The third kappa shape index (κ3) is 4.73. The van der Waals surface area contributed by atoms with Crippen LogP contribution in [0.15, 0.2) is 24.3 Å². The molecule has 1 aliphatic rings. The predicted octanol–water partition coefficient (Wildman–Crippen LogP) is 3.17. The first-order valence-electron chi connectivity index (χ1n) is 8.59. The maximum atomic E-state index is 12.2. The third-order valence-corrected chi connectivity index (χ3v) is 4.74. The van der Waals surface area contributed by atoms with Crippen molar-refractivity contribution < 1.29 is 19.1 Å². The minimum absolute atomic E-state index is 0.0590. The summed E-state index contributed by atoms with van der Waals surface area (Å²) in [5, 5.41) is 0. The zero-order valence-electron chi connectivity index (χ0n) is 14.7. The molecule has 1 fully saturated rings. The van der Waals surface area contributed by atoms with Crippen molar-refractivity contribution in [2.45, 2.75) is 46.1 Å². The molecule has 2 N–H and O–H groups in total. The predicted molar refractivity (Wildman–Crippen MR) is 91.7 cm³/mol. The number of primary amides is 1. The SMILES string of the molecule is CC(C)[C@H]1CC[C@@H](C)C[C@@H]1OC(=O)COc1ccccc1C(N)=O. The Morgan fingerprint density at radius 2 is 1.96 bits per heavy atom. The Bertz CT molecular complexity index is 584. The minimum Gasteiger partial charge on any atom is -0.481 e. The molecule has 5 heteroatoms. The average Bonchev–Trinajstić information content (AvgIpc) is 2.53. The minimum atomic E-state index is -0.583. The van der Waals surface area contributed by atoms with E-state index in [1.54, 1.807) is 24.3 Å². The van der Waals surface area contributed by atoms with Gasteiger partial charge in [-0.1, -0.05) is 39.3 Å². The number of para-hydroxylation sites is 1. The molecular weight excluding hydrogens is 306 g/mol. The summed E-state index contributed by atoms with van der Waals surface area (Å²) in [7, 11) is 0. The molecular formula is C19H27NO4. The fourth-order valence-corrected chi connectivity index (χ4v) is 3.39. The summed E-state index contributed by atoms with van der Waals surface area (Å²) in [6.45, 7) is 6.30. The van der Waals surface area contributed by atoms with Crippen LogP contribution in [0.2, 0.25) is 0 Å². The van der Waals surface area contributed by atoms with Gasteiger partial charge in [0.05, 0.1) is 5.56 Å². The molecule has 0 unspecified atom stereocenters. The maximum absolute atomic E-state index is 12.2. The summed E-state index contributed by atoms with van der Waals surface area (Å²) >= 11 is 0. The Balaban J connectivity index is 1.94. The summed E-state index contributed by atoms with van der Waals surface area (Å²) in [4.78, 5) is 23.5. The molecule has 0 aromatic heterocycles. The largest absolute Gasteiger partial charge is 0.481 e. The monoisotopic (exact) mass is 333 g/mol. The number of carbonyl (C=O) groups excluding carboxylic acids is 2. The number of ether oxygens (including phenoxy) is 2. The fraction of sp³-hybridized carbons (Fsp3) is 0.579. The van der Waals surface area contributed by atoms with E-state index < -0.39 is 11.9 Å². The molecule has 2 rings (SSSR count). The van der Waals surface area contributed by atoms with E-state index in [1.165, 1.54) is 6.42 Å². The van der Waals surface area contributed by atoms with Gasteiger partial charge in [-0.3, -0.25) is 4.79 Å². The molecule has 132 valence electrons. The second-order valence-corrected chi connectivity index (χ2v) is 7.00. The lowest BCUT2D eigenvalue weighted by Gasteiger charge is -2.36. The van der Waals surface area contributed by atoms with Gasteiger partial charge >= 0.3 is 5.97 Å². The van der Waals surface area contributed by atoms with Gasteiger partial charge in [0, 0.05) is 0 Å². The summed E-state index contributed by atoms with van der Waals surface area (Å²) in [6.07, 6.45) is 3.10. The van der Waals surface area contributed by atoms with Crippen molar-refractivity contribution in [3.63, 3.8) is 0 Å². The number of rotatable bonds is 6. The van der Waals surface area contributed by atoms with E-state index in [1.807, 2.05) is 0 Å². The molecule has 0 bridgehead atoms. The molecule has 1 amide bonds. The van der Waals surface area contributed by atoms with Crippen LogP contribution in [0, 0.1) is 17.8 Å². The van der Waals surface area contributed by atoms with Gasteiger partial charge < -0.3 is 15.2 Å². The smallest absolute Gasteiger partial charge is 0.344 e. The second-order valence-electron chi connectivity index (χ2n) is 7.00. The normalized spacial score (nSPS) is 23.8. The van der Waals surface area contributed by atoms with Crippen molar-refractivity contribution in [1.82, 2.24) is 0 Å². The Labute approximate surface area is 143 Å². The second kappa shape index (κ2) is 8.18. The van der Waals surface area contributed by atoms with E-state index in [2.05, 4.69) is 20.8 Å². The number of hydrogen-bond donors (Lipinski definition) is 1. The van der Waals surface area contributed by atoms with Gasteiger partial charge in [0.15, 0.2) is 6.61 Å². The van der Waals surface area contributed by atoms with Crippen LogP contribution in [-0.4, -0.2) is 24.6 Å². The molecule has 1 aromatic rings. The number of esters is 1. The molecule has 1 aromatic carbocycles. The molecule has 24 heavy (non-hydrogen) atoms. The van der Waals surface area contributed by atoms with Crippen LogP contribution in [0.5, 0.6) is 5.75 Å². The van der Waals surface area contributed by atoms with Crippen molar-refractivity contribution in [3.05, 3.63) is 29.8 Å². The van der Waals surface area contributed by atoms with Crippen LogP contribution < -0.4 is 10.5 Å². The van der Waals surface area contributed by atoms with E-state index >= 15 is 0 Å². The van der Waals surface area contributed by atoms with Crippen LogP contribution in [0.25, 0.3) is 0 Å². The lowest BCUT2D eigenvalue weighted by atomic mass is 9.75. The number of benzene rings is 1. The quantitative estimate of drug-likeness (QED) is 0.811. The van der Waals surface area contributed by atoms with Crippen molar-refractivity contribution in [1.29, 1.82) is 0 Å². The van der Waals surface area contributed by atoms with Gasteiger partial charge in [0.2, 0.25) is 0 Å². The number of hydrogen-bond acceptors (Lipinski definition) is 4. The highest BCUT2D eigenvalue weighted by Gasteiger charge is 2.33. The molecule has 3 atom stereocenters. The maximum Gasteiger partial charge on any atom is 0.344 e. The number of carbonyl (C=O) groups is 2. The van der Waals surface area contributed by atoms with Gasteiger partial charge in [0.25, 0.3) is 5.91 Å². The molecule has 0 radical (unpaired) electrons. The lowest BCUT2D eigenvalue weighted by Crippen LogP contribution is -2.37. The average molecular weight is 333 g/mol. The fourth-order valence-electron chi connectivity index (χ4n) is 3.39. The van der Waals surface area contributed by atoms with Crippen LogP contribution in [0.4, 0.5) is 0 Å². The number of nitrogens with two attached hydrogens (primary N) is 1. The highest BCUT2D eigenvalue weighted by Crippen LogP contribution is 2.35. The summed E-state index contributed by atoms with van der Waals surface area (Å²) in [5.41, 5.74) is 5.56. The van der Waals surface area contributed by atoms with Gasteiger partial charge in [-0.15, -0.1) is 0 Å². The number of amides is 1. The standard InChI is InChI=1S/C19H27NO4/c1-12(2)14-9-8-13(3)10-17(14)24-18(21)11-23-16-7-5-4-6-15(16)19(20)22/h4-7,12-14,17H,8-11H2,1-3H3,(H2,20,22)/t13-,14-,17+/m1/s1. The zero-order chi connectivity index (χ0) is 17.7. The topological polar surface area (TPSA) is 78.6 Å². The zero-order valence-corrected chi connectivity index (χ0v) is 14.7. The Morgan fingerprint density at radius 3 is 2.62 bits per heavy atom. The van der Waals surface area contributed by atoms with E-state index in [0.29, 0.717) is 23.5 Å². The van der Waals surface area contributed by atoms with Crippen molar-refractivity contribution in [2.24, 2.45) is 23.5 Å². The van der Waals surface area contributed by atoms with E-state index in [0.717, 1.165) is 12.8 Å². The first-order valence-corrected chi connectivity index (χ1v) is 8.59. The molecule has 5 nitrogen and oxygen atoms in total. The van der Waals surface area contributed by atoms with Crippen LogP contribution in [0.1, 0.15) is 50.4 Å². The Morgan fingerprint density at radius 1 is 1.25 bits per heavy atom. The van der Waals surface area contributed by atoms with Gasteiger partial charge in [-0.05, 0) is 42.7 Å². The summed E-state index contributed by atoms with van der Waals surface area (Å²) < 4.78 is 11.1. The van der Waals surface area contributed by atoms with E-state index in [9.17, 15) is 9.59 Å². The van der Waals surface area contributed by atoms with Crippen molar-refractivity contribution in [2.75, 3.05) is 6.61 Å². The first kappa shape index (κ1) is 18.3. The van der Waals surface area contributed by atoms with Crippen LogP contribution >= 0.6 is 0 Å². The summed E-state index contributed by atoms with van der Waals surface area (Å²) in [5.74, 6) is 0.752. The first-order chi connectivity index (χ1) is 11.4. The summed E-state index contributed by atoms with van der Waals surface area (Å²) in [6, 6.07) is 6.61. The Kier molecular flexibility index (Phi) is 6.23. The van der Waals surface area contributed by atoms with Crippen molar-refractivity contribution >= 4 is 11.9 Å². The van der Waals surface area contributed by atoms with Gasteiger partial charge in [0.1, 0.15) is 11.9 Å². The Hall–Kier alpha value is -2.04. The molecule has 0 spiro atoms. The highest BCUT2D eigenvalue weighted by atomic mass is 16.6. The van der Waals surface area contributed by atoms with Crippen LogP contribution in [-0.2, 0) is 9.53 Å². The lowest BCUT2D eigenvalue weighted by molar-refractivity contribution is -0.158. The highest BCUT2D eigenvalue weighted by molar-refractivity contribution is 5.95. The molecule has 0 saturated heterocycles. The molecule has 0 aliphatic heterocycles. The molecule has 0 heterocycles. The van der Waals surface area contributed by atoms with Crippen molar-refractivity contribution in [3.8, 4) is 5.75 Å². The third-order valence-electron chi connectivity index (χ3n) is 4.74. The van der Waals surface area contributed by atoms with E-state index in [-0.39, 0.29) is 18.3 Å². The van der Waals surface area contributed by atoms with E-state index in [4.69, 9.17) is 15.2 Å². The van der Waals surface area contributed by atoms with Crippen LogP contribution in [0.3, 0.4) is 0 Å². The molecule has 1 aliphatic carbocycles. The molecule has 1 saturated carbocycles.